The molecule has 3 heteroatoms. The SMILES string of the molecule is Clc1ccc2cc(I)ccc2n1. The van der Waals surface area contributed by atoms with Crippen molar-refractivity contribution in [1.29, 1.82) is 0 Å². The van der Waals surface area contributed by atoms with Crippen LogP contribution in [-0.2, 0) is 0 Å². The molecule has 0 spiro atoms. The number of aromatic nitrogens is 1. The second kappa shape index (κ2) is 3.18. The topological polar surface area (TPSA) is 12.9 Å². The Balaban J connectivity index is 2.79. The zero-order valence-electron chi connectivity index (χ0n) is 6.09. The summed E-state index contributed by atoms with van der Waals surface area (Å²) in [7, 11) is 0. The Kier molecular flexibility index (Phi) is 2.19. The lowest BCUT2D eigenvalue weighted by Gasteiger charge is -1.97. The number of pyridine rings is 1. The van der Waals surface area contributed by atoms with E-state index in [4.69, 9.17) is 11.6 Å². The van der Waals surface area contributed by atoms with Gasteiger partial charge in [0.25, 0.3) is 0 Å². The number of halogens is 2. The first-order valence-electron chi connectivity index (χ1n) is 3.47. The van der Waals surface area contributed by atoms with Crippen molar-refractivity contribution >= 4 is 45.1 Å². The summed E-state index contributed by atoms with van der Waals surface area (Å²) in [4.78, 5) is 4.18. The molecule has 0 unspecified atom stereocenters. The van der Waals surface area contributed by atoms with Crippen LogP contribution >= 0.6 is 34.2 Å². The van der Waals surface area contributed by atoms with Gasteiger partial charge in [-0.1, -0.05) is 11.6 Å². The minimum absolute atomic E-state index is 0.545. The summed E-state index contributed by atoms with van der Waals surface area (Å²) in [6, 6.07) is 9.86. The van der Waals surface area contributed by atoms with Gasteiger partial charge in [0, 0.05) is 8.96 Å². The minimum atomic E-state index is 0.545. The highest BCUT2D eigenvalue weighted by Crippen LogP contribution is 2.17. The third-order valence-corrected chi connectivity index (χ3v) is 2.50. The molecule has 0 aliphatic carbocycles. The van der Waals surface area contributed by atoms with E-state index in [0.717, 1.165) is 10.9 Å². The van der Waals surface area contributed by atoms with Gasteiger partial charge >= 0.3 is 0 Å². The van der Waals surface area contributed by atoms with Crippen molar-refractivity contribution in [2.24, 2.45) is 0 Å². The van der Waals surface area contributed by atoms with Crippen molar-refractivity contribution in [3.05, 3.63) is 39.1 Å². The van der Waals surface area contributed by atoms with E-state index >= 15 is 0 Å². The van der Waals surface area contributed by atoms with Crippen molar-refractivity contribution in [3.63, 3.8) is 0 Å². The zero-order valence-corrected chi connectivity index (χ0v) is 9.00. The molecule has 0 aliphatic rings. The van der Waals surface area contributed by atoms with E-state index < -0.39 is 0 Å². The lowest BCUT2D eigenvalue weighted by atomic mass is 10.2. The number of rotatable bonds is 0. The van der Waals surface area contributed by atoms with Gasteiger partial charge in [0.05, 0.1) is 5.52 Å². The highest BCUT2D eigenvalue weighted by molar-refractivity contribution is 14.1. The normalized spacial score (nSPS) is 10.5. The summed E-state index contributed by atoms with van der Waals surface area (Å²) in [6.07, 6.45) is 0. The highest BCUT2D eigenvalue weighted by Gasteiger charge is 1.95. The number of hydrogen-bond donors (Lipinski definition) is 0. The fourth-order valence-electron chi connectivity index (χ4n) is 1.07. The van der Waals surface area contributed by atoms with Crippen LogP contribution in [0.4, 0.5) is 0 Å². The summed E-state index contributed by atoms with van der Waals surface area (Å²) >= 11 is 8.02. The summed E-state index contributed by atoms with van der Waals surface area (Å²) < 4.78 is 1.21. The van der Waals surface area contributed by atoms with Crippen molar-refractivity contribution in [1.82, 2.24) is 4.98 Å². The van der Waals surface area contributed by atoms with Crippen LogP contribution < -0.4 is 0 Å². The molecule has 0 atom stereocenters. The van der Waals surface area contributed by atoms with Crippen molar-refractivity contribution in [2.75, 3.05) is 0 Å². The third-order valence-electron chi connectivity index (χ3n) is 1.62. The minimum Gasteiger partial charge on any atom is -0.236 e. The van der Waals surface area contributed by atoms with Crippen LogP contribution in [0.2, 0.25) is 5.15 Å². The molecule has 0 radical (unpaired) electrons. The molecule has 1 nitrogen and oxygen atoms in total. The van der Waals surface area contributed by atoms with E-state index in [9.17, 15) is 0 Å². The maximum atomic E-state index is 5.75. The van der Waals surface area contributed by atoms with Gasteiger partial charge in [-0.15, -0.1) is 0 Å². The van der Waals surface area contributed by atoms with Gasteiger partial charge in [0.1, 0.15) is 5.15 Å². The van der Waals surface area contributed by atoms with E-state index in [1.807, 2.05) is 18.2 Å². The molecule has 2 rings (SSSR count). The molecule has 12 heavy (non-hydrogen) atoms. The van der Waals surface area contributed by atoms with Crippen LogP contribution in [0.25, 0.3) is 10.9 Å². The molecular weight excluding hydrogens is 284 g/mol. The molecule has 0 N–H and O–H groups in total. The Hall–Kier alpha value is -0.350. The van der Waals surface area contributed by atoms with Crippen LogP contribution in [0.5, 0.6) is 0 Å². The smallest absolute Gasteiger partial charge is 0.129 e. The van der Waals surface area contributed by atoms with Crippen LogP contribution in [-0.4, -0.2) is 4.98 Å². The molecule has 1 aromatic heterocycles. The molecule has 1 aromatic carbocycles. The Labute approximate surface area is 88.9 Å². The molecule has 0 amide bonds. The Bertz CT molecular complexity index is 387. The summed E-state index contributed by atoms with van der Waals surface area (Å²) in [5.41, 5.74) is 0.947. The standard InChI is InChI=1S/C9H5ClIN/c10-9-4-1-6-5-7(11)2-3-8(6)12-9/h1-5H. The van der Waals surface area contributed by atoms with E-state index in [1.54, 1.807) is 6.07 Å². The molecule has 0 saturated carbocycles. The third kappa shape index (κ3) is 1.54. The number of fused-ring (bicyclic) bond motifs is 1. The summed E-state index contributed by atoms with van der Waals surface area (Å²) in [6.45, 7) is 0. The summed E-state index contributed by atoms with van der Waals surface area (Å²) in [5, 5.41) is 1.68. The Morgan fingerprint density at radius 1 is 1.17 bits per heavy atom. The van der Waals surface area contributed by atoms with E-state index in [2.05, 4.69) is 33.6 Å². The van der Waals surface area contributed by atoms with Gasteiger partial charge < -0.3 is 0 Å². The van der Waals surface area contributed by atoms with Crippen molar-refractivity contribution < 1.29 is 0 Å². The number of benzene rings is 1. The summed E-state index contributed by atoms with van der Waals surface area (Å²) in [5.74, 6) is 0. The van der Waals surface area contributed by atoms with Crippen LogP contribution in [0.15, 0.2) is 30.3 Å². The molecule has 1 heterocycles. The monoisotopic (exact) mass is 289 g/mol. The van der Waals surface area contributed by atoms with Crippen molar-refractivity contribution in [2.45, 2.75) is 0 Å². The Morgan fingerprint density at radius 3 is 2.83 bits per heavy atom. The molecule has 0 fully saturated rings. The lowest BCUT2D eigenvalue weighted by molar-refractivity contribution is 1.41. The maximum Gasteiger partial charge on any atom is 0.129 e. The second-order valence-corrected chi connectivity index (χ2v) is 4.10. The highest BCUT2D eigenvalue weighted by atomic mass is 127. The molecule has 0 bridgehead atoms. The fraction of sp³-hybridized carbons (Fsp3) is 0. The van der Waals surface area contributed by atoms with E-state index in [-0.39, 0.29) is 0 Å². The average molecular weight is 290 g/mol. The van der Waals surface area contributed by atoms with Crippen LogP contribution in [0, 0.1) is 3.57 Å². The predicted octanol–water partition coefficient (Wildman–Crippen LogP) is 3.49. The lowest BCUT2D eigenvalue weighted by Crippen LogP contribution is -1.79. The van der Waals surface area contributed by atoms with Gasteiger partial charge in [-0.05, 0) is 52.9 Å². The largest absolute Gasteiger partial charge is 0.236 e. The fourth-order valence-corrected chi connectivity index (χ4v) is 1.74. The first kappa shape index (κ1) is 8.26. The first-order chi connectivity index (χ1) is 5.75. The maximum absolute atomic E-state index is 5.75. The average Bonchev–Trinajstić information content (AvgIpc) is 2.05. The quantitative estimate of drug-likeness (QED) is 0.534. The van der Waals surface area contributed by atoms with E-state index in [0.29, 0.717) is 5.15 Å². The van der Waals surface area contributed by atoms with Crippen molar-refractivity contribution in [3.8, 4) is 0 Å². The van der Waals surface area contributed by atoms with Gasteiger partial charge in [-0.2, -0.15) is 0 Å². The molecule has 0 aliphatic heterocycles. The molecular formula is C9H5ClIN. The van der Waals surface area contributed by atoms with Crippen LogP contribution in [0.1, 0.15) is 0 Å². The van der Waals surface area contributed by atoms with Gasteiger partial charge in [-0.3, -0.25) is 0 Å². The number of hydrogen-bond acceptors (Lipinski definition) is 1. The predicted molar refractivity (Wildman–Crippen MR) is 59.5 cm³/mol. The van der Waals surface area contributed by atoms with Gasteiger partial charge in [0.15, 0.2) is 0 Å². The number of nitrogens with zero attached hydrogens (tertiary/aromatic N) is 1. The molecule has 2 aromatic rings. The van der Waals surface area contributed by atoms with Crippen LogP contribution in [0.3, 0.4) is 0 Å². The molecule has 60 valence electrons. The molecule has 0 saturated heterocycles. The zero-order chi connectivity index (χ0) is 8.55. The Morgan fingerprint density at radius 2 is 2.00 bits per heavy atom. The second-order valence-electron chi connectivity index (χ2n) is 2.47. The van der Waals surface area contributed by atoms with Gasteiger partial charge in [-0.25, -0.2) is 4.98 Å². The first-order valence-corrected chi connectivity index (χ1v) is 4.93. The van der Waals surface area contributed by atoms with E-state index in [1.165, 1.54) is 3.57 Å². The van der Waals surface area contributed by atoms with Gasteiger partial charge in [0.2, 0.25) is 0 Å².